The molecule has 1 aromatic rings. The predicted octanol–water partition coefficient (Wildman–Crippen LogP) is 1.39. The molecule has 24 heavy (non-hydrogen) atoms. The Morgan fingerprint density at radius 3 is 1.88 bits per heavy atom. The van der Waals surface area contributed by atoms with E-state index in [1.165, 1.54) is 12.1 Å². The van der Waals surface area contributed by atoms with Gasteiger partial charge < -0.3 is 18.9 Å². The molecule has 2 fully saturated rings. The van der Waals surface area contributed by atoms with Gasteiger partial charge in [0.2, 0.25) is 11.5 Å². The summed E-state index contributed by atoms with van der Waals surface area (Å²) in [5, 5.41) is 0. The van der Waals surface area contributed by atoms with Crippen molar-refractivity contribution in [3.63, 3.8) is 0 Å². The van der Waals surface area contributed by atoms with Crippen LogP contribution in [0.25, 0.3) is 0 Å². The highest BCUT2D eigenvalue weighted by molar-refractivity contribution is 5.83. The van der Waals surface area contributed by atoms with Crippen LogP contribution in [0.2, 0.25) is 0 Å². The van der Waals surface area contributed by atoms with Crippen LogP contribution in [0.1, 0.15) is 25.7 Å². The van der Waals surface area contributed by atoms with Gasteiger partial charge in [0.1, 0.15) is 0 Å². The van der Waals surface area contributed by atoms with E-state index in [0.29, 0.717) is 12.8 Å². The molecule has 0 N–H and O–H groups in total. The standard InChI is InChI=1S/C16H14O8/c17-7-21-11-5-6-12(23-15(19)9-1-2-9)14(13(11)22-8-18)24-16(20)10-3-4-10/h5-10H,1-4H2. The van der Waals surface area contributed by atoms with Crippen molar-refractivity contribution in [2.75, 3.05) is 0 Å². The molecule has 0 saturated heterocycles. The zero-order valence-electron chi connectivity index (χ0n) is 12.6. The van der Waals surface area contributed by atoms with Gasteiger partial charge in [-0.2, -0.15) is 0 Å². The van der Waals surface area contributed by atoms with Gasteiger partial charge >= 0.3 is 11.9 Å². The molecule has 2 aliphatic rings. The zero-order chi connectivity index (χ0) is 17.1. The second-order valence-electron chi connectivity index (χ2n) is 5.54. The molecule has 0 aliphatic heterocycles. The predicted molar refractivity (Wildman–Crippen MR) is 76.5 cm³/mol. The fraction of sp³-hybridized carbons (Fsp3) is 0.375. The largest absolute Gasteiger partial charge is 0.425 e. The number of benzene rings is 1. The van der Waals surface area contributed by atoms with Crippen molar-refractivity contribution in [3.05, 3.63) is 12.1 Å². The first-order chi connectivity index (χ1) is 11.6. The summed E-state index contributed by atoms with van der Waals surface area (Å²) in [5.41, 5.74) is 0. The van der Waals surface area contributed by atoms with Crippen LogP contribution < -0.4 is 18.9 Å². The summed E-state index contributed by atoms with van der Waals surface area (Å²) in [4.78, 5) is 45.2. The zero-order valence-corrected chi connectivity index (χ0v) is 12.6. The number of carbonyl (C=O) groups is 4. The van der Waals surface area contributed by atoms with Crippen molar-refractivity contribution in [1.29, 1.82) is 0 Å². The van der Waals surface area contributed by atoms with E-state index in [-0.39, 0.29) is 47.8 Å². The Bertz CT molecular complexity index is 688. The van der Waals surface area contributed by atoms with Crippen molar-refractivity contribution >= 4 is 24.9 Å². The maximum absolute atomic E-state index is 12.0. The van der Waals surface area contributed by atoms with Crippen molar-refractivity contribution in [2.45, 2.75) is 25.7 Å². The van der Waals surface area contributed by atoms with Gasteiger partial charge in [-0.25, -0.2) is 0 Å². The third-order valence-electron chi connectivity index (χ3n) is 3.62. The number of rotatable bonds is 8. The van der Waals surface area contributed by atoms with Gasteiger partial charge in [-0.1, -0.05) is 0 Å². The molecule has 0 aromatic heterocycles. The normalized spacial score (nSPS) is 16.0. The van der Waals surface area contributed by atoms with Crippen molar-refractivity contribution in [3.8, 4) is 23.0 Å². The van der Waals surface area contributed by atoms with Crippen LogP contribution >= 0.6 is 0 Å². The first kappa shape index (κ1) is 16.0. The molecule has 8 nitrogen and oxygen atoms in total. The Labute approximate surface area is 136 Å². The first-order valence-electron chi connectivity index (χ1n) is 7.45. The van der Waals surface area contributed by atoms with E-state index in [4.69, 9.17) is 18.9 Å². The molecule has 1 aromatic carbocycles. The van der Waals surface area contributed by atoms with Crippen molar-refractivity contribution in [2.24, 2.45) is 11.8 Å². The van der Waals surface area contributed by atoms with Crippen LogP contribution in [0.15, 0.2) is 12.1 Å². The van der Waals surface area contributed by atoms with Crippen LogP contribution in [0.3, 0.4) is 0 Å². The maximum Gasteiger partial charge on any atom is 0.314 e. The fourth-order valence-electron chi connectivity index (χ4n) is 2.02. The van der Waals surface area contributed by atoms with E-state index in [1.807, 2.05) is 0 Å². The number of carbonyl (C=O) groups excluding carboxylic acids is 4. The third kappa shape index (κ3) is 3.53. The topological polar surface area (TPSA) is 105 Å². The minimum atomic E-state index is -0.530. The molecule has 0 radical (unpaired) electrons. The molecule has 2 aliphatic carbocycles. The molecule has 2 saturated carbocycles. The molecular weight excluding hydrogens is 320 g/mol. The van der Waals surface area contributed by atoms with Gasteiger partial charge in [-0.3, -0.25) is 19.2 Å². The van der Waals surface area contributed by atoms with Gasteiger partial charge in [-0.15, -0.1) is 0 Å². The van der Waals surface area contributed by atoms with Crippen LogP contribution in [-0.4, -0.2) is 24.9 Å². The average Bonchev–Trinajstić information content (AvgIpc) is 3.44. The molecule has 0 heterocycles. The third-order valence-corrected chi connectivity index (χ3v) is 3.62. The highest BCUT2D eigenvalue weighted by atomic mass is 16.6. The van der Waals surface area contributed by atoms with Gasteiger partial charge in [0.15, 0.2) is 11.5 Å². The van der Waals surface area contributed by atoms with E-state index < -0.39 is 11.9 Å². The van der Waals surface area contributed by atoms with E-state index in [1.54, 1.807) is 0 Å². The van der Waals surface area contributed by atoms with Crippen molar-refractivity contribution in [1.82, 2.24) is 0 Å². The Balaban J connectivity index is 1.95. The lowest BCUT2D eigenvalue weighted by molar-refractivity contribution is -0.138. The molecule has 0 amide bonds. The highest BCUT2D eigenvalue weighted by Gasteiger charge is 2.36. The maximum atomic E-state index is 12.0. The number of ether oxygens (including phenoxy) is 4. The molecule has 0 atom stereocenters. The summed E-state index contributed by atoms with van der Waals surface area (Å²) in [6.07, 6.45) is 2.87. The van der Waals surface area contributed by atoms with E-state index in [2.05, 4.69) is 0 Å². The van der Waals surface area contributed by atoms with Crippen LogP contribution in [-0.2, 0) is 19.2 Å². The lowest BCUT2D eigenvalue weighted by Crippen LogP contribution is -2.15. The minimum absolute atomic E-state index is 0.0731. The summed E-state index contributed by atoms with van der Waals surface area (Å²) in [5.74, 6) is -2.18. The smallest absolute Gasteiger partial charge is 0.314 e. The molecule has 3 rings (SSSR count). The summed E-state index contributed by atoms with van der Waals surface area (Å²) in [7, 11) is 0. The summed E-state index contributed by atoms with van der Waals surface area (Å²) in [6, 6.07) is 2.59. The second kappa shape index (κ2) is 6.69. The van der Waals surface area contributed by atoms with Crippen LogP contribution in [0.4, 0.5) is 0 Å². The molecular formula is C16H14O8. The molecule has 0 unspecified atom stereocenters. The fourth-order valence-corrected chi connectivity index (χ4v) is 2.02. The second-order valence-corrected chi connectivity index (χ2v) is 5.54. The van der Waals surface area contributed by atoms with E-state index >= 15 is 0 Å². The molecule has 126 valence electrons. The minimum Gasteiger partial charge on any atom is -0.425 e. The van der Waals surface area contributed by atoms with E-state index in [9.17, 15) is 19.2 Å². The number of hydrogen-bond acceptors (Lipinski definition) is 8. The lowest BCUT2D eigenvalue weighted by Gasteiger charge is -2.15. The highest BCUT2D eigenvalue weighted by Crippen LogP contribution is 2.46. The molecule has 0 spiro atoms. The van der Waals surface area contributed by atoms with Crippen molar-refractivity contribution < 1.29 is 38.1 Å². The van der Waals surface area contributed by atoms with E-state index in [0.717, 1.165) is 12.8 Å². The van der Waals surface area contributed by atoms with Crippen LogP contribution in [0.5, 0.6) is 23.0 Å². The Morgan fingerprint density at radius 2 is 1.33 bits per heavy atom. The van der Waals surface area contributed by atoms with Crippen LogP contribution in [0, 0.1) is 11.8 Å². The Morgan fingerprint density at radius 1 is 0.792 bits per heavy atom. The number of esters is 2. The number of hydrogen-bond donors (Lipinski definition) is 0. The molecule has 0 bridgehead atoms. The van der Waals surface area contributed by atoms with Gasteiger partial charge in [0.25, 0.3) is 12.9 Å². The molecule has 8 heteroatoms. The van der Waals surface area contributed by atoms with Gasteiger partial charge in [0, 0.05) is 0 Å². The quantitative estimate of drug-likeness (QED) is 0.399. The first-order valence-corrected chi connectivity index (χ1v) is 7.45. The lowest BCUT2D eigenvalue weighted by atomic mass is 10.2. The summed E-state index contributed by atoms with van der Waals surface area (Å²) >= 11 is 0. The Kier molecular flexibility index (Phi) is 4.45. The summed E-state index contributed by atoms with van der Waals surface area (Å²) < 4.78 is 20.0. The van der Waals surface area contributed by atoms with Gasteiger partial charge in [0.05, 0.1) is 11.8 Å². The SMILES string of the molecule is O=COc1ccc(OC(=O)C2CC2)c(OC(=O)C2CC2)c1OC=O. The van der Waals surface area contributed by atoms with Gasteiger partial charge in [-0.05, 0) is 37.8 Å². The Hall–Kier alpha value is -2.90. The summed E-state index contributed by atoms with van der Waals surface area (Å²) in [6.45, 7) is 0.226. The monoisotopic (exact) mass is 334 g/mol. The average molecular weight is 334 g/mol.